The Labute approximate surface area is 106 Å². The van der Waals surface area contributed by atoms with E-state index in [1.165, 1.54) is 0 Å². The summed E-state index contributed by atoms with van der Waals surface area (Å²) in [6.07, 6.45) is -0.911. The van der Waals surface area contributed by atoms with Crippen LogP contribution in [0, 0.1) is 0 Å². The smallest absolute Gasteiger partial charge is 0.428 e. The van der Waals surface area contributed by atoms with Crippen molar-refractivity contribution in [3.63, 3.8) is 0 Å². The van der Waals surface area contributed by atoms with E-state index in [1.54, 1.807) is 13.0 Å². The summed E-state index contributed by atoms with van der Waals surface area (Å²) >= 11 is 9.22. The van der Waals surface area contributed by atoms with Gasteiger partial charge in [0.25, 0.3) is 0 Å². The number of amides is 1. The molecule has 0 bridgehead atoms. The van der Waals surface area contributed by atoms with Gasteiger partial charge in [-0.3, -0.25) is 0 Å². The molecule has 0 saturated carbocycles. The van der Waals surface area contributed by atoms with Crippen molar-refractivity contribution < 1.29 is 9.53 Å². The fourth-order valence-electron chi connectivity index (χ4n) is 1.39. The molecule has 2 rings (SSSR count). The predicted molar refractivity (Wildman–Crippen MR) is 64.8 cm³/mol. The van der Waals surface area contributed by atoms with Crippen LogP contribution in [0.2, 0.25) is 5.02 Å². The number of halogens is 2. The molecular formula is C10H8BrClN2O2. The van der Waals surface area contributed by atoms with Gasteiger partial charge < -0.3 is 4.74 Å². The lowest BCUT2D eigenvalue weighted by atomic mass is 10.1. The molecular weight excluding hydrogens is 295 g/mol. The summed E-state index contributed by atoms with van der Waals surface area (Å²) in [7, 11) is 0. The van der Waals surface area contributed by atoms with E-state index in [2.05, 4.69) is 26.5 Å². The average molecular weight is 304 g/mol. The molecule has 0 aromatic heterocycles. The highest BCUT2D eigenvalue weighted by Gasteiger charge is 2.22. The molecule has 4 nitrogen and oxygen atoms in total. The van der Waals surface area contributed by atoms with E-state index >= 15 is 0 Å². The molecule has 0 unspecified atom stereocenters. The molecule has 0 fully saturated rings. The van der Waals surface area contributed by atoms with Crippen LogP contribution in [0.1, 0.15) is 12.5 Å². The van der Waals surface area contributed by atoms with Gasteiger partial charge in [0, 0.05) is 10.0 Å². The van der Waals surface area contributed by atoms with Crippen LogP contribution >= 0.6 is 27.5 Å². The number of hydrazone groups is 1. The van der Waals surface area contributed by atoms with E-state index in [1.807, 2.05) is 12.1 Å². The average Bonchev–Trinajstić information content (AvgIpc) is 2.22. The van der Waals surface area contributed by atoms with Crippen molar-refractivity contribution in [3.05, 3.63) is 33.3 Å². The highest BCUT2D eigenvalue weighted by atomic mass is 79.9. The fraction of sp³-hybridized carbons (Fsp3) is 0.200. The van der Waals surface area contributed by atoms with Crippen molar-refractivity contribution in [2.24, 2.45) is 5.10 Å². The maximum absolute atomic E-state index is 10.9. The van der Waals surface area contributed by atoms with Crippen LogP contribution in [-0.2, 0) is 4.74 Å². The molecule has 0 radical (unpaired) electrons. The van der Waals surface area contributed by atoms with Crippen molar-refractivity contribution >= 4 is 39.3 Å². The molecule has 1 N–H and O–H groups in total. The normalized spacial score (nSPS) is 19.8. The number of carbonyl (C=O) groups is 1. The van der Waals surface area contributed by atoms with E-state index in [-0.39, 0.29) is 6.10 Å². The second kappa shape index (κ2) is 4.43. The van der Waals surface area contributed by atoms with Gasteiger partial charge >= 0.3 is 6.09 Å². The number of benzene rings is 1. The first-order valence-electron chi connectivity index (χ1n) is 4.57. The van der Waals surface area contributed by atoms with Crippen LogP contribution in [0.3, 0.4) is 0 Å². The number of ether oxygens (including phenoxy) is 1. The minimum atomic E-state index is -0.538. The van der Waals surface area contributed by atoms with E-state index in [4.69, 9.17) is 16.3 Å². The van der Waals surface area contributed by atoms with Gasteiger partial charge in [-0.15, -0.1) is 0 Å². The molecule has 0 spiro atoms. The molecule has 1 aromatic rings. The maximum atomic E-state index is 10.9. The van der Waals surface area contributed by atoms with Gasteiger partial charge in [0.05, 0.1) is 5.02 Å². The largest absolute Gasteiger partial charge is 0.439 e. The van der Waals surface area contributed by atoms with E-state index in [0.29, 0.717) is 10.7 Å². The topological polar surface area (TPSA) is 50.7 Å². The van der Waals surface area contributed by atoms with Crippen LogP contribution in [0.4, 0.5) is 4.79 Å². The Morgan fingerprint density at radius 1 is 1.56 bits per heavy atom. The fourth-order valence-corrected chi connectivity index (χ4v) is 1.89. The zero-order chi connectivity index (χ0) is 11.7. The minimum Gasteiger partial charge on any atom is -0.439 e. The number of hydrogen-bond acceptors (Lipinski definition) is 3. The zero-order valence-corrected chi connectivity index (χ0v) is 10.7. The summed E-state index contributed by atoms with van der Waals surface area (Å²) in [6, 6.07) is 5.41. The lowest BCUT2D eigenvalue weighted by Crippen LogP contribution is -2.37. The Morgan fingerprint density at radius 3 is 2.94 bits per heavy atom. The molecule has 84 valence electrons. The molecule has 16 heavy (non-hydrogen) atoms. The number of nitrogens with one attached hydrogen (secondary N) is 1. The predicted octanol–water partition coefficient (Wildman–Crippen LogP) is 2.93. The van der Waals surface area contributed by atoms with Gasteiger partial charge in [-0.1, -0.05) is 17.7 Å². The number of hydrogen-bond donors (Lipinski definition) is 1. The Bertz CT molecular complexity index is 476. The van der Waals surface area contributed by atoms with Crippen molar-refractivity contribution in [2.75, 3.05) is 0 Å². The lowest BCUT2D eigenvalue weighted by Gasteiger charge is -2.20. The standard InChI is InChI=1S/C10H8BrClN2O2/c1-5-9(13-14-10(15)16-5)6-2-3-8(12)7(11)4-6/h2-5H,1H3,(H,14,15)/t5-/m0/s1. The second-order valence-electron chi connectivity index (χ2n) is 3.29. The molecule has 1 amide bonds. The summed E-state index contributed by atoms with van der Waals surface area (Å²) in [6.45, 7) is 1.76. The molecule has 0 saturated heterocycles. The van der Waals surface area contributed by atoms with Gasteiger partial charge in [-0.2, -0.15) is 5.10 Å². The third kappa shape index (κ3) is 2.20. The molecule has 6 heteroatoms. The summed E-state index contributed by atoms with van der Waals surface area (Å²) < 4.78 is 5.77. The maximum Gasteiger partial charge on any atom is 0.428 e. The number of cyclic esters (lactones) is 1. The Hall–Kier alpha value is -1.07. The van der Waals surface area contributed by atoms with Crippen LogP contribution in [0.5, 0.6) is 0 Å². The summed E-state index contributed by atoms with van der Waals surface area (Å²) in [5, 5.41) is 4.58. The first-order valence-corrected chi connectivity index (χ1v) is 5.74. The van der Waals surface area contributed by atoms with Crippen LogP contribution in [0.25, 0.3) is 0 Å². The Morgan fingerprint density at radius 2 is 2.31 bits per heavy atom. The number of carbonyl (C=O) groups excluding carboxylic acids is 1. The van der Waals surface area contributed by atoms with Crippen LogP contribution in [-0.4, -0.2) is 17.9 Å². The van der Waals surface area contributed by atoms with Crippen LogP contribution < -0.4 is 5.43 Å². The van der Waals surface area contributed by atoms with Crippen molar-refractivity contribution in [1.29, 1.82) is 0 Å². The quantitative estimate of drug-likeness (QED) is 0.867. The highest BCUT2D eigenvalue weighted by molar-refractivity contribution is 9.10. The second-order valence-corrected chi connectivity index (χ2v) is 4.55. The third-order valence-electron chi connectivity index (χ3n) is 2.15. The summed E-state index contributed by atoms with van der Waals surface area (Å²) in [5.41, 5.74) is 3.79. The molecule has 1 atom stereocenters. The molecule has 1 aromatic carbocycles. The molecule has 0 aliphatic carbocycles. The molecule has 1 aliphatic heterocycles. The molecule has 1 aliphatic rings. The van der Waals surface area contributed by atoms with Crippen molar-refractivity contribution in [3.8, 4) is 0 Å². The minimum absolute atomic E-state index is 0.373. The van der Waals surface area contributed by atoms with Gasteiger partial charge in [0.15, 0.2) is 0 Å². The third-order valence-corrected chi connectivity index (χ3v) is 3.37. The Balaban J connectivity index is 2.37. The van der Waals surface area contributed by atoms with Gasteiger partial charge in [-0.05, 0) is 35.0 Å². The summed E-state index contributed by atoms with van der Waals surface area (Å²) in [5.74, 6) is 0. The van der Waals surface area contributed by atoms with E-state index in [9.17, 15) is 4.79 Å². The number of rotatable bonds is 1. The zero-order valence-electron chi connectivity index (χ0n) is 8.33. The van der Waals surface area contributed by atoms with Crippen molar-refractivity contribution in [2.45, 2.75) is 13.0 Å². The first kappa shape index (κ1) is 11.4. The first-order chi connectivity index (χ1) is 7.58. The number of nitrogens with zero attached hydrogens (tertiary/aromatic N) is 1. The lowest BCUT2D eigenvalue weighted by molar-refractivity contribution is 0.127. The monoisotopic (exact) mass is 302 g/mol. The SMILES string of the molecule is C[C@@H]1OC(=O)NN=C1c1ccc(Cl)c(Br)c1. The highest BCUT2D eigenvalue weighted by Crippen LogP contribution is 2.24. The van der Waals surface area contributed by atoms with E-state index < -0.39 is 6.09 Å². The molecule has 1 heterocycles. The van der Waals surface area contributed by atoms with Gasteiger partial charge in [0.1, 0.15) is 11.8 Å². The van der Waals surface area contributed by atoms with Crippen LogP contribution in [0.15, 0.2) is 27.8 Å². The van der Waals surface area contributed by atoms with Crippen molar-refractivity contribution in [1.82, 2.24) is 5.43 Å². The Kier molecular flexibility index (Phi) is 3.16. The van der Waals surface area contributed by atoms with Gasteiger partial charge in [-0.25, -0.2) is 10.2 Å². The van der Waals surface area contributed by atoms with Gasteiger partial charge in [0.2, 0.25) is 0 Å². The van der Waals surface area contributed by atoms with E-state index in [0.717, 1.165) is 10.0 Å². The summed E-state index contributed by atoms with van der Waals surface area (Å²) in [4.78, 5) is 10.9.